The minimum absolute atomic E-state index is 0.221. The Balaban J connectivity index is 1.75. The molecule has 0 unspecified atom stereocenters. The zero-order valence-electron chi connectivity index (χ0n) is 15.8. The third kappa shape index (κ3) is 2.54. The quantitative estimate of drug-likeness (QED) is 0.637. The van der Waals surface area contributed by atoms with E-state index in [1.807, 2.05) is 11.6 Å². The van der Waals surface area contributed by atoms with Crippen molar-refractivity contribution in [2.75, 3.05) is 0 Å². The van der Waals surface area contributed by atoms with Crippen molar-refractivity contribution in [3.05, 3.63) is 34.9 Å². The molecule has 3 heteroatoms. The van der Waals surface area contributed by atoms with E-state index in [1.165, 1.54) is 30.4 Å². The Bertz CT molecular complexity index is 838. The highest BCUT2D eigenvalue weighted by Gasteiger charge is 2.53. The van der Waals surface area contributed by atoms with Gasteiger partial charge in [0.25, 0.3) is 0 Å². The normalized spacial score (nSPS) is 35.4. The maximum atomic E-state index is 10.6. The first kappa shape index (κ1) is 17.1. The summed E-state index contributed by atoms with van der Waals surface area (Å²) in [4.78, 5) is 4.34. The van der Waals surface area contributed by atoms with Gasteiger partial charge in [0, 0.05) is 6.07 Å². The van der Waals surface area contributed by atoms with E-state index in [0.717, 1.165) is 17.5 Å². The monoisotopic (exact) mass is 355 g/mol. The van der Waals surface area contributed by atoms with Crippen molar-refractivity contribution < 1.29 is 5.11 Å². The number of thiazole rings is 1. The fourth-order valence-electron chi connectivity index (χ4n) is 5.70. The van der Waals surface area contributed by atoms with Crippen LogP contribution in [-0.4, -0.2) is 10.1 Å². The van der Waals surface area contributed by atoms with Crippen LogP contribution in [-0.2, 0) is 6.42 Å². The predicted octanol–water partition coefficient (Wildman–Crippen LogP) is 6.34. The van der Waals surface area contributed by atoms with Crippen molar-refractivity contribution in [3.8, 4) is 5.75 Å². The summed E-state index contributed by atoms with van der Waals surface area (Å²) in [6.45, 7) is 9.73. The third-order valence-corrected chi connectivity index (χ3v) is 8.49. The van der Waals surface area contributed by atoms with Crippen LogP contribution in [0.25, 0.3) is 10.2 Å². The average Bonchev–Trinajstić information content (AvgIpc) is 3.01. The topological polar surface area (TPSA) is 33.1 Å². The van der Waals surface area contributed by atoms with E-state index < -0.39 is 0 Å². The fourth-order valence-corrected chi connectivity index (χ4v) is 6.42. The predicted molar refractivity (Wildman–Crippen MR) is 106 cm³/mol. The molecule has 0 spiro atoms. The van der Waals surface area contributed by atoms with Gasteiger partial charge in [0.15, 0.2) is 0 Å². The number of aromatic hydroxyl groups is 1. The van der Waals surface area contributed by atoms with E-state index in [-0.39, 0.29) is 5.41 Å². The molecule has 1 heterocycles. The van der Waals surface area contributed by atoms with Gasteiger partial charge >= 0.3 is 0 Å². The fraction of sp³-hybridized carbons (Fsp3) is 0.591. The molecule has 0 radical (unpaired) electrons. The molecule has 25 heavy (non-hydrogen) atoms. The molecule has 2 aliphatic rings. The highest BCUT2D eigenvalue weighted by Crippen LogP contribution is 2.61. The van der Waals surface area contributed by atoms with Crippen molar-refractivity contribution in [3.63, 3.8) is 0 Å². The van der Waals surface area contributed by atoms with Crippen molar-refractivity contribution in [1.29, 1.82) is 0 Å². The molecule has 0 saturated heterocycles. The van der Waals surface area contributed by atoms with Crippen LogP contribution >= 0.6 is 11.3 Å². The van der Waals surface area contributed by atoms with Gasteiger partial charge in [-0.1, -0.05) is 32.4 Å². The average molecular weight is 356 g/mol. The largest absolute Gasteiger partial charge is 0.508 e. The Morgan fingerprint density at radius 2 is 2.08 bits per heavy atom. The first-order valence-corrected chi connectivity index (χ1v) is 10.4. The van der Waals surface area contributed by atoms with Gasteiger partial charge in [0.1, 0.15) is 5.75 Å². The van der Waals surface area contributed by atoms with Gasteiger partial charge in [-0.05, 0) is 73.3 Å². The first-order valence-electron chi connectivity index (χ1n) is 9.57. The molecule has 4 atom stereocenters. The lowest BCUT2D eigenvalue weighted by Gasteiger charge is -2.58. The summed E-state index contributed by atoms with van der Waals surface area (Å²) in [5.41, 5.74) is 6.01. The standard InChI is InChI=1S/C22H29NOS/c1-14-6-5-7-20-21(14,3)9-8-15(2)22(20,4)12-16-10-19-17(11-18(16)24)23-13-25-19/h6,10-11,13,15,20,24H,5,7-9,12H2,1-4H3/t15-,20+,21+,22+/m1/s1. The number of rotatable bonds is 2. The van der Waals surface area contributed by atoms with E-state index in [9.17, 15) is 5.11 Å². The molecule has 2 aliphatic carbocycles. The van der Waals surface area contributed by atoms with Gasteiger partial charge in [0.05, 0.1) is 15.7 Å². The Morgan fingerprint density at radius 3 is 2.88 bits per heavy atom. The summed E-state index contributed by atoms with van der Waals surface area (Å²) >= 11 is 1.66. The van der Waals surface area contributed by atoms with E-state index in [1.54, 1.807) is 16.9 Å². The van der Waals surface area contributed by atoms with Gasteiger partial charge in [-0.25, -0.2) is 4.98 Å². The molecule has 2 aromatic rings. The number of benzene rings is 1. The number of phenols is 1. The van der Waals surface area contributed by atoms with Crippen molar-refractivity contribution >= 4 is 21.6 Å². The van der Waals surface area contributed by atoms with Gasteiger partial charge in [-0.3, -0.25) is 0 Å². The molecule has 1 aromatic heterocycles. The van der Waals surface area contributed by atoms with Gasteiger partial charge in [-0.2, -0.15) is 0 Å². The van der Waals surface area contributed by atoms with Crippen molar-refractivity contribution in [2.45, 2.75) is 59.8 Å². The number of hydrogen-bond donors (Lipinski definition) is 1. The molecule has 4 rings (SSSR count). The molecule has 2 nitrogen and oxygen atoms in total. The number of hydrogen-bond acceptors (Lipinski definition) is 3. The lowest BCUT2D eigenvalue weighted by Crippen LogP contribution is -2.50. The second-order valence-electron chi connectivity index (χ2n) is 8.86. The minimum Gasteiger partial charge on any atom is -0.508 e. The van der Waals surface area contributed by atoms with Gasteiger partial charge in [-0.15, -0.1) is 11.3 Å². The Morgan fingerprint density at radius 1 is 1.28 bits per heavy atom. The molecule has 0 amide bonds. The zero-order chi connectivity index (χ0) is 17.8. The maximum Gasteiger partial charge on any atom is 0.121 e. The molecule has 0 aliphatic heterocycles. The lowest BCUT2D eigenvalue weighted by molar-refractivity contribution is -0.0411. The second kappa shape index (κ2) is 5.84. The van der Waals surface area contributed by atoms with Crippen molar-refractivity contribution in [2.24, 2.45) is 22.7 Å². The number of fused-ring (bicyclic) bond motifs is 2. The van der Waals surface area contributed by atoms with Gasteiger partial charge < -0.3 is 5.11 Å². The number of nitrogens with zero attached hydrogens (tertiary/aromatic N) is 1. The highest BCUT2D eigenvalue weighted by atomic mass is 32.1. The Hall–Kier alpha value is -1.35. The molecule has 1 aromatic carbocycles. The van der Waals surface area contributed by atoms with Crippen molar-refractivity contribution in [1.82, 2.24) is 4.98 Å². The third-order valence-electron chi connectivity index (χ3n) is 7.70. The van der Waals surface area contributed by atoms with Crippen LogP contribution in [0.2, 0.25) is 0 Å². The molecule has 1 saturated carbocycles. The van der Waals surface area contributed by atoms with E-state index in [0.29, 0.717) is 23.0 Å². The van der Waals surface area contributed by atoms with E-state index in [2.05, 4.69) is 44.8 Å². The van der Waals surface area contributed by atoms with E-state index >= 15 is 0 Å². The van der Waals surface area contributed by atoms with Crippen LogP contribution in [0.15, 0.2) is 29.3 Å². The lowest BCUT2D eigenvalue weighted by atomic mass is 9.47. The zero-order valence-corrected chi connectivity index (χ0v) is 16.6. The van der Waals surface area contributed by atoms with Crippen LogP contribution < -0.4 is 0 Å². The number of aromatic nitrogens is 1. The van der Waals surface area contributed by atoms with Gasteiger partial charge in [0.2, 0.25) is 0 Å². The highest BCUT2D eigenvalue weighted by molar-refractivity contribution is 7.16. The summed E-state index contributed by atoms with van der Waals surface area (Å²) in [5.74, 6) is 1.78. The summed E-state index contributed by atoms with van der Waals surface area (Å²) < 4.78 is 1.18. The Kier molecular flexibility index (Phi) is 3.99. The molecular formula is C22H29NOS. The molecule has 1 N–H and O–H groups in total. The summed E-state index contributed by atoms with van der Waals surface area (Å²) in [7, 11) is 0. The molecule has 0 bridgehead atoms. The maximum absolute atomic E-state index is 10.6. The second-order valence-corrected chi connectivity index (χ2v) is 9.74. The summed E-state index contributed by atoms with van der Waals surface area (Å²) in [5, 5.41) is 10.6. The van der Waals surface area contributed by atoms with Crippen LogP contribution in [0.5, 0.6) is 5.75 Å². The Labute approximate surface area is 155 Å². The number of allylic oxidation sites excluding steroid dienone is 2. The van der Waals surface area contributed by atoms with Crippen LogP contribution in [0, 0.1) is 22.7 Å². The van der Waals surface area contributed by atoms with E-state index in [4.69, 9.17) is 0 Å². The minimum atomic E-state index is 0.221. The number of phenolic OH excluding ortho intramolecular Hbond substituents is 1. The summed E-state index contributed by atoms with van der Waals surface area (Å²) in [6.07, 6.45) is 8.48. The smallest absolute Gasteiger partial charge is 0.121 e. The summed E-state index contributed by atoms with van der Waals surface area (Å²) in [6, 6.07) is 4.03. The molecule has 134 valence electrons. The van der Waals surface area contributed by atoms with Crippen LogP contribution in [0.3, 0.4) is 0 Å². The van der Waals surface area contributed by atoms with Crippen LogP contribution in [0.1, 0.15) is 58.9 Å². The molecular weight excluding hydrogens is 326 g/mol. The SMILES string of the molecule is CC1=CCC[C@@H]2[C@@](C)(Cc3cc4scnc4cc3O)[C@H](C)CC[C@@]12C. The molecule has 1 fully saturated rings. The van der Waals surface area contributed by atoms with Crippen LogP contribution in [0.4, 0.5) is 0 Å². The first-order chi connectivity index (χ1) is 11.8.